The molecule has 210 valence electrons. The average molecular weight is 546 g/mol. The zero-order chi connectivity index (χ0) is 28.2. The molecule has 11 nitrogen and oxygen atoms in total. The van der Waals surface area contributed by atoms with Crippen LogP contribution in [0.15, 0.2) is 48.7 Å². The minimum atomic E-state index is -0.370. The second kappa shape index (κ2) is 11.9. The number of fused-ring (bicyclic) bond motifs is 3. The molecule has 3 heterocycles. The van der Waals surface area contributed by atoms with Crippen LogP contribution in [0, 0.1) is 10.1 Å². The Morgan fingerprint density at radius 1 is 1.18 bits per heavy atom. The van der Waals surface area contributed by atoms with Crippen molar-refractivity contribution in [2.75, 3.05) is 57.2 Å². The molecule has 0 radical (unpaired) electrons. The van der Waals surface area contributed by atoms with E-state index < -0.39 is 0 Å². The van der Waals surface area contributed by atoms with Gasteiger partial charge in [0.15, 0.2) is 0 Å². The Kier molecular flexibility index (Phi) is 8.13. The molecule has 0 saturated heterocycles. The summed E-state index contributed by atoms with van der Waals surface area (Å²) in [5.74, 6) is 0.776. The fraction of sp³-hybridized carbons (Fsp3) is 0.379. The van der Waals surface area contributed by atoms with E-state index in [1.165, 1.54) is 6.07 Å². The number of benzene rings is 2. The number of likely N-dealkylation sites (N-methyl/N-ethyl adjacent to an activating group) is 2. The van der Waals surface area contributed by atoms with E-state index >= 15 is 0 Å². The summed E-state index contributed by atoms with van der Waals surface area (Å²) in [6.45, 7) is 9.45. The van der Waals surface area contributed by atoms with Crippen molar-refractivity contribution in [1.29, 1.82) is 0 Å². The summed E-state index contributed by atoms with van der Waals surface area (Å²) in [5, 5.41) is 16.4. The van der Waals surface area contributed by atoms with Gasteiger partial charge in [-0.15, -0.1) is 0 Å². The van der Waals surface area contributed by atoms with E-state index in [1.54, 1.807) is 19.4 Å². The van der Waals surface area contributed by atoms with Crippen LogP contribution in [0.5, 0.6) is 5.75 Å². The number of hydrogen-bond acceptors (Lipinski definition) is 9. The third-order valence-electron chi connectivity index (χ3n) is 7.49. The van der Waals surface area contributed by atoms with Crippen molar-refractivity contribution in [3.8, 4) is 17.0 Å². The molecule has 1 aliphatic heterocycles. The molecular weight excluding hydrogens is 510 g/mol. The van der Waals surface area contributed by atoms with Gasteiger partial charge in [-0.1, -0.05) is 32.0 Å². The quantitative estimate of drug-likeness (QED) is 0.204. The Bertz CT molecular complexity index is 1520. The number of nitrogens with zero attached hydrogens (tertiary/aromatic N) is 6. The number of hydrogen-bond donors (Lipinski definition) is 1. The molecule has 11 heteroatoms. The molecule has 2 aromatic heterocycles. The molecule has 40 heavy (non-hydrogen) atoms. The van der Waals surface area contributed by atoms with Gasteiger partial charge in [0.2, 0.25) is 5.95 Å². The molecule has 0 spiro atoms. The van der Waals surface area contributed by atoms with E-state index in [0.717, 1.165) is 54.0 Å². The lowest BCUT2D eigenvalue weighted by Crippen LogP contribution is -2.33. The third-order valence-corrected chi connectivity index (χ3v) is 7.49. The second-order valence-corrected chi connectivity index (χ2v) is 9.68. The Labute approximate surface area is 233 Å². The summed E-state index contributed by atoms with van der Waals surface area (Å²) in [7, 11) is 3.40. The predicted octanol–water partition coefficient (Wildman–Crippen LogP) is 5.07. The number of methoxy groups -OCH3 is 1. The number of nitro benzene ring substituents is 1. The third kappa shape index (κ3) is 5.30. The molecule has 4 aromatic rings. The van der Waals surface area contributed by atoms with Gasteiger partial charge in [0, 0.05) is 61.5 Å². The van der Waals surface area contributed by atoms with Crippen LogP contribution in [0.4, 0.5) is 23.0 Å². The van der Waals surface area contributed by atoms with Crippen LogP contribution in [0.3, 0.4) is 0 Å². The summed E-state index contributed by atoms with van der Waals surface area (Å²) in [4.78, 5) is 25.1. The minimum Gasteiger partial charge on any atom is -0.494 e. The van der Waals surface area contributed by atoms with Crippen LogP contribution in [-0.2, 0) is 17.9 Å². The molecule has 1 aliphatic rings. The van der Waals surface area contributed by atoms with Gasteiger partial charge in [0.25, 0.3) is 5.69 Å². The number of ether oxygens (including phenoxy) is 2. The van der Waals surface area contributed by atoms with Gasteiger partial charge < -0.3 is 29.2 Å². The Hall–Kier alpha value is -4.22. The Morgan fingerprint density at radius 3 is 2.73 bits per heavy atom. The molecule has 2 aromatic carbocycles. The van der Waals surface area contributed by atoms with Gasteiger partial charge in [-0.3, -0.25) is 10.1 Å². The van der Waals surface area contributed by atoms with E-state index in [0.29, 0.717) is 42.8 Å². The largest absolute Gasteiger partial charge is 0.494 e. The van der Waals surface area contributed by atoms with Crippen molar-refractivity contribution < 1.29 is 14.4 Å². The lowest BCUT2D eigenvalue weighted by Gasteiger charge is -2.25. The van der Waals surface area contributed by atoms with Gasteiger partial charge in [-0.05, 0) is 25.2 Å². The number of nitro groups is 1. The minimum absolute atomic E-state index is 0.0221. The van der Waals surface area contributed by atoms with Crippen molar-refractivity contribution in [3.05, 3.63) is 64.5 Å². The summed E-state index contributed by atoms with van der Waals surface area (Å²) in [6, 6.07) is 13.3. The number of nitrogens with one attached hydrogen (secondary N) is 1. The van der Waals surface area contributed by atoms with Crippen molar-refractivity contribution in [3.63, 3.8) is 0 Å². The first kappa shape index (κ1) is 27.4. The van der Waals surface area contributed by atoms with E-state index in [2.05, 4.69) is 45.7 Å². The van der Waals surface area contributed by atoms with Crippen molar-refractivity contribution in [2.45, 2.75) is 27.0 Å². The highest BCUT2D eigenvalue weighted by atomic mass is 16.6. The highest BCUT2D eigenvalue weighted by molar-refractivity contribution is 5.97. The summed E-state index contributed by atoms with van der Waals surface area (Å²) < 4.78 is 13.7. The van der Waals surface area contributed by atoms with Gasteiger partial charge in [-0.25, -0.2) is 9.97 Å². The SMILES string of the molecule is CCN(CC)CCN(C)c1cc(OC)c(Nc2nccc(-c3c4n(c5ccccc35)CCOC4)n2)cc1[N+](=O)[O-]. The fourth-order valence-electron chi connectivity index (χ4n) is 5.28. The van der Waals surface area contributed by atoms with Crippen LogP contribution >= 0.6 is 0 Å². The highest BCUT2D eigenvalue weighted by Crippen LogP contribution is 2.40. The molecule has 0 aliphatic carbocycles. The van der Waals surface area contributed by atoms with E-state index in [4.69, 9.17) is 14.5 Å². The first-order valence-corrected chi connectivity index (χ1v) is 13.5. The number of anilines is 3. The zero-order valence-electron chi connectivity index (χ0n) is 23.4. The Balaban J connectivity index is 1.49. The average Bonchev–Trinajstić information content (AvgIpc) is 3.32. The van der Waals surface area contributed by atoms with Crippen molar-refractivity contribution in [1.82, 2.24) is 19.4 Å². The van der Waals surface area contributed by atoms with Crippen LogP contribution in [-0.4, -0.2) is 71.3 Å². The van der Waals surface area contributed by atoms with Crippen LogP contribution in [0.2, 0.25) is 0 Å². The van der Waals surface area contributed by atoms with E-state index in [1.807, 2.05) is 30.1 Å². The fourth-order valence-corrected chi connectivity index (χ4v) is 5.28. The van der Waals surface area contributed by atoms with Gasteiger partial charge >= 0.3 is 0 Å². The van der Waals surface area contributed by atoms with E-state index in [9.17, 15) is 10.1 Å². The number of para-hydroxylation sites is 1. The number of aromatic nitrogens is 3. The molecule has 0 unspecified atom stereocenters. The topological polar surface area (TPSA) is 111 Å². The maximum absolute atomic E-state index is 12.1. The molecule has 0 amide bonds. The molecule has 0 fully saturated rings. The second-order valence-electron chi connectivity index (χ2n) is 9.68. The van der Waals surface area contributed by atoms with Crippen LogP contribution in [0.1, 0.15) is 19.5 Å². The van der Waals surface area contributed by atoms with E-state index in [-0.39, 0.29) is 10.6 Å². The molecular formula is C29H35N7O4. The summed E-state index contributed by atoms with van der Waals surface area (Å²) >= 11 is 0. The number of rotatable bonds is 11. The molecule has 1 N–H and O–H groups in total. The zero-order valence-corrected chi connectivity index (χ0v) is 23.4. The smallest absolute Gasteiger partial charge is 0.294 e. The van der Waals surface area contributed by atoms with Crippen LogP contribution < -0.4 is 15.0 Å². The van der Waals surface area contributed by atoms with Gasteiger partial charge in [0.1, 0.15) is 11.4 Å². The predicted molar refractivity (Wildman–Crippen MR) is 157 cm³/mol. The first-order valence-electron chi connectivity index (χ1n) is 13.5. The van der Waals surface area contributed by atoms with Gasteiger partial charge in [-0.2, -0.15) is 0 Å². The maximum atomic E-state index is 12.1. The molecule has 0 saturated carbocycles. The Morgan fingerprint density at radius 2 is 1.98 bits per heavy atom. The summed E-state index contributed by atoms with van der Waals surface area (Å²) in [6.07, 6.45) is 1.68. The standard InChI is InChI=1S/C29H35N7O4/c1-5-34(6-2)14-13-33(3)24-18-27(39-4)22(17-25(24)36(37)38)32-29-30-12-11-21(31-29)28-20-9-7-8-10-23(20)35-15-16-40-19-26(28)35/h7-12,17-18H,5-6,13-16,19H2,1-4H3,(H,30,31,32). The normalized spacial score (nSPS) is 12.9. The molecule has 0 atom stereocenters. The van der Waals surface area contributed by atoms with Crippen molar-refractivity contribution >= 4 is 33.9 Å². The van der Waals surface area contributed by atoms with Gasteiger partial charge in [0.05, 0.1) is 42.3 Å². The van der Waals surface area contributed by atoms with Crippen LogP contribution in [0.25, 0.3) is 22.2 Å². The summed E-state index contributed by atoms with van der Waals surface area (Å²) in [5.41, 5.74) is 4.84. The lowest BCUT2D eigenvalue weighted by atomic mass is 10.1. The molecule has 0 bridgehead atoms. The highest BCUT2D eigenvalue weighted by Gasteiger charge is 2.24. The maximum Gasteiger partial charge on any atom is 0.294 e. The monoisotopic (exact) mass is 545 g/mol. The van der Waals surface area contributed by atoms with Crippen molar-refractivity contribution in [2.24, 2.45) is 0 Å². The lowest BCUT2D eigenvalue weighted by molar-refractivity contribution is -0.384. The first-order chi connectivity index (χ1) is 19.4. The molecule has 5 rings (SSSR count).